The fourth-order valence-corrected chi connectivity index (χ4v) is 1.68. The third-order valence-corrected chi connectivity index (χ3v) is 2.84. The standard InChI is InChI=1S/C14H21NO4/c1-14(17,13(16)19-3)10-15-12-7-5-4-6-11(12)8-9-18-2/h4-7,15,17H,8-10H2,1-3H3. The number of para-hydroxylation sites is 1. The van der Waals surface area contributed by atoms with Gasteiger partial charge in [0.15, 0.2) is 5.60 Å². The zero-order valence-corrected chi connectivity index (χ0v) is 11.6. The van der Waals surface area contributed by atoms with Gasteiger partial charge in [-0.15, -0.1) is 0 Å². The van der Waals surface area contributed by atoms with Gasteiger partial charge in [-0.2, -0.15) is 0 Å². The SMILES string of the molecule is COCCc1ccccc1NCC(C)(O)C(=O)OC. The predicted octanol–water partition coefficient (Wildman–Crippen LogP) is 1.21. The van der Waals surface area contributed by atoms with Crippen molar-refractivity contribution in [3.05, 3.63) is 29.8 Å². The summed E-state index contributed by atoms with van der Waals surface area (Å²) < 4.78 is 9.60. The molecule has 5 nitrogen and oxygen atoms in total. The lowest BCUT2D eigenvalue weighted by molar-refractivity contribution is -0.158. The molecule has 0 radical (unpaired) electrons. The van der Waals surface area contributed by atoms with E-state index in [4.69, 9.17) is 4.74 Å². The van der Waals surface area contributed by atoms with Crippen LogP contribution in [0, 0.1) is 0 Å². The molecule has 0 aromatic heterocycles. The third-order valence-electron chi connectivity index (χ3n) is 2.84. The molecule has 1 unspecified atom stereocenters. The van der Waals surface area contributed by atoms with E-state index in [1.54, 1.807) is 7.11 Å². The molecule has 0 aliphatic heterocycles. The summed E-state index contributed by atoms with van der Waals surface area (Å²) in [4.78, 5) is 11.4. The lowest BCUT2D eigenvalue weighted by Gasteiger charge is -2.22. The first-order valence-electron chi connectivity index (χ1n) is 6.13. The summed E-state index contributed by atoms with van der Waals surface area (Å²) in [5.74, 6) is -0.658. The van der Waals surface area contributed by atoms with Gasteiger partial charge in [0.2, 0.25) is 0 Å². The Morgan fingerprint density at radius 2 is 2.05 bits per heavy atom. The molecule has 1 aromatic rings. The van der Waals surface area contributed by atoms with E-state index >= 15 is 0 Å². The number of carbonyl (C=O) groups excluding carboxylic acids is 1. The highest BCUT2D eigenvalue weighted by atomic mass is 16.5. The zero-order valence-electron chi connectivity index (χ0n) is 11.6. The molecule has 0 aliphatic rings. The minimum absolute atomic E-state index is 0.0870. The molecular formula is C14H21NO4. The van der Waals surface area contributed by atoms with Crippen molar-refractivity contribution in [1.82, 2.24) is 0 Å². The first-order valence-corrected chi connectivity index (χ1v) is 6.13. The monoisotopic (exact) mass is 267 g/mol. The van der Waals surface area contributed by atoms with Gasteiger partial charge < -0.3 is 19.9 Å². The highest BCUT2D eigenvalue weighted by molar-refractivity contribution is 5.79. The first kappa shape index (κ1) is 15.5. The maximum Gasteiger partial charge on any atom is 0.339 e. The van der Waals surface area contributed by atoms with Gasteiger partial charge in [-0.05, 0) is 25.0 Å². The Morgan fingerprint density at radius 1 is 1.37 bits per heavy atom. The van der Waals surface area contributed by atoms with Crippen LogP contribution in [0.25, 0.3) is 0 Å². The quantitative estimate of drug-likeness (QED) is 0.727. The molecule has 5 heteroatoms. The van der Waals surface area contributed by atoms with E-state index in [9.17, 15) is 9.90 Å². The first-order chi connectivity index (χ1) is 9.01. The lowest BCUT2D eigenvalue weighted by atomic mass is 10.1. The van der Waals surface area contributed by atoms with E-state index in [0.717, 1.165) is 17.7 Å². The van der Waals surface area contributed by atoms with Gasteiger partial charge in [-0.1, -0.05) is 18.2 Å². The topological polar surface area (TPSA) is 67.8 Å². The molecule has 0 heterocycles. The Bertz CT molecular complexity index is 418. The number of benzene rings is 1. The average Bonchev–Trinajstić information content (AvgIpc) is 2.42. The largest absolute Gasteiger partial charge is 0.467 e. The van der Waals surface area contributed by atoms with Gasteiger partial charge in [0.25, 0.3) is 0 Å². The van der Waals surface area contributed by atoms with Crippen molar-refractivity contribution in [2.24, 2.45) is 0 Å². The molecular weight excluding hydrogens is 246 g/mol. The molecule has 1 atom stereocenters. The number of anilines is 1. The molecule has 0 amide bonds. The van der Waals surface area contributed by atoms with Crippen LogP contribution in [0.3, 0.4) is 0 Å². The number of nitrogens with one attached hydrogen (secondary N) is 1. The van der Waals surface area contributed by atoms with Gasteiger partial charge in [0.1, 0.15) is 0 Å². The molecule has 0 bridgehead atoms. The second-order valence-corrected chi connectivity index (χ2v) is 4.52. The Kier molecular flexibility index (Phi) is 5.79. The van der Waals surface area contributed by atoms with E-state index in [1.165, 1.54) is 14.0 Å². The molecule has 106 valence electrons. The Labute approximate surface area is 113 Å². The minimum Gasteiger partial charge on any atom is -0.467 e. The van der Waals surface area contributed by atoms with E-state index in [2.05, 4.69) is 10.1 Å². The summed E-state index contributed by atoms with van der Waals surface area (Å²) >= 11 is 0. The molecule has 1 rings (SSSR count). The van der Waals surface area contributed by atoms with Crippen molar-refractivity contribution in [3.63, 3.8) is 0 Å². The van der Waals surface area contributed by atoms with Gasteiger partial charge >= 0.3 is 5.97 Å². The zero-order chi connectivity index (χ0) is 14.3. The summed E-state index contributed by atoms with van der Waals surface area (Å²) in [5, 5.41) is 13.0. The number of carbonyl (C=O) groups is 1. The molecule has 1 aromatic carbocycles. The average molecular weight is 267 g/mol. The van der Waals surface area contributed by atoms with Crippen LogP contribution in [-0.4, -0.2) is 44.0 Å². The maximum absolute atomic E-state index is 11.4. The van der Waals surface area contributed by atoms with Gasteiger partial charge in [0.05, 0.1) is 20.3 Å². The molecule has 0 aliphatic carbocycles. The minimum atomic E-state index is -1.55. The molecule has 0 fully saturated rings. The van der Waals surface area contributed by atoms with Gasteiger partial charge in [-0.3, -0.25) is 0 Å². The molecule has 0 saturated carbocycles. The summed E-state index contributed by atoms with van der Waals surface area (Å²) in [5.41, 5.74) is 0.400. The molecule has 0 spiro atoms. The fraction of sp³-hybridized carbons (Fsp3) is 0.500. The van der Waals surface area contributed by atoms with Crippen LogP contribution in [-0.2, 0) is 20.7 Å². The van der Waals surface area contributed by atoms with Crippen LogP contribution in [0.1, 0.15) is 12.5 Å². The number of aliphatic hydroxyl groups is 1. The van der Waals surface area contributed by atoms with Gasteiger partial charge in [0, 0.05) is 12.8 Å². The Morgan fingerprint density at radius 3 is 2.68 bits per heavy atom. The van der Waals surface area contributed by atoms with Crippen LogP contribution >= 0.6 is 0 Å². The van der Waals surface area contributed by atoms with Crippen molar-refractivity contribution in [2.75, 3.05) is 32.7 Å². The predicted molar refractivity (Wildman–Crippen MR) is 73.2 cm³/mol. The smallest absolute Gasteiger partial charge is 0.339 e. The van der Waals surface area contributed by atoms with Crippen LogP contribution in [0.5, 0.6) is 0 Å². The van der Waals surface area contributed by atoms with Crippen LogP contribution in [0.2, 0.25) is 0 Å². The van der Waals surface area contributed by atoms with Crippen molar-refractivity contribution in [3.8, 4) is 0 Å². The number of rotatable bonds is 7. The highest BCUT2D eigenvalue weighted by Crippen LogP contribution is 2.17. The van der Waals surface area contributed by atoms with E-state index in [0.29, 0.717) is 6.61 Å². The molecule has 0 saturated heterocycles. The van der Waals surface area contributed by atoms with Crippen molar-refractivity contribution >= 4 is 11.7 Å². The summed E-state index contributed by atoms with van der Waals surface area (Å²) in [7, 11) is 2.90. The maximum atomic E-state index is 11.4. The van der Waals surface area contributed by atoms with Crippen molar-refractivity contribution < 1.29 is 19.4 Å². The van der Waals surface area contributed by atoms with Crippen LogP contribution in [0.15, 0.2) is 24.3 Å². The van der Waals surface area contributed by atoms with Crippen molar-refractivity contribution in [2.45, 2.75) is 18.9 Å². The van der Waals surface area contributed by atoms with Gasteiger partial charge in [-0.25, -0.2) is 4.79 Å². The second kappa shape index (κ2) is 7.11. The van der Waals surface area contributed by atoms with E-state index in [1.807, 2.05) is 24.3 Å². The summed E-state index contributed by atoms with van der Waals surface area (Å²) in [6, 6.07) is 7.71. The van der Waals surface area contributed by atoms with Crippen LogP contribution < -0.4 is 5.32 Å². The number of ether oxygens (including phenoxy) is 2. The fourth-order valence-electron chi connectivity index (χ4n) is 1.68. The molecule has 2 N–H and O–H groups in total. The van der Waals surface area contributed by atoms with Crippen LogP contribution in [0.4, 0.5) is 5.69 Å². The Hall–Kier alpha value is -1.59. The third kappa shape index (κ3) is 4.54. The number of methoxy groups -OCH3 is 2. The van der Waals surface area contributed by atoms with Crippen molar-refractivity contribution in [1.29, 1.82) is 0 Å². The number of hydrogen-bond donors (Lipinski definition) is 2. The van der Waals surface area contributed by atoms with E-state index in [-0.39, 0.29) is 6.54 Å². The lowest BCUT2D eigenvalue weighted by Crippen LogP contribution is -2.42. The summed E-state index contributed by atoms with van der Waals surface area (Å²) in [6.45, 7) is 2.12. The summed E-state index contributed by atoms with van der Waals surface area (Å²) in [6.07, 6.45) is 0.764. The Balaban J connectivity index is 2.69. The second-order valence-electron chi connectivity index (χ2n) is 4.52. The normalized spacial score (nSPS) is 13.7. The highest BCUT2D eigenvalue weighted by Gasteiger charge is 2.31. The number of hydrogen-bond acceptors (Lipinski definition) is 5. The number of esters is 1. The van der Waals surface area contributed by atoms with E-state index < -0.39 is 11.6 Å². The molecule has 19 heavy (non-hydrogen) atoms.